The van der Waals surface area contributed by atoms with Crippen molar-refractivity contribution in [2.45, 2.75) is 24.7 Å². The number of ether oxygens (including phenoxy) is 1. The van der Waals surface area contributed by atoms with Crippen LogP contribution in [0.3, 0.4) is 0 Å². The van der Waals surface area contributed by atoms with Crippen LogP contribution in [0.15, 0.2) is 84.9 Å². The van der Waals surface area contributed by atoms with Crippen LogP contribution in [-0.4, -0.2) is 18.9 Å². The molecule has 0 radical (unpaired) electrons. The van der Waals surface area contributed by atoms with E-state index in [0.29, 0.717) is 11.4 Å². The van der Waals surface area contributed by atoms with Gasteiger partial charge in [0.15, 0.2) is 0 Å². The third-order valence-electron chi connectivity index (χ3n) is 6.84. The van der Waals surface area contributed by atoms with Crippen LogP contribution in [-0.2, 0) is 9.59 Å². The van der Waals surface area contributed by atoms with Crippen molar-refractivity contribution in [3.63, 3.8) is 0 Å². The number of carbonyl (C=O) groups excluding carboxylic acids is 2. The Kier molecular flexibility index (Phi) is 5.06. The Morgan fingerprint density at radius 3 is 1.55 bits per heavy atom. The number of fused-ring (bicyclic) bond motifs is 1. The zero-order chi connectivity index (χ0) is 21.4. The number of benzene rings is 3. The Bertz CT molecular complexity index is 1010. The second-order valence-electron chi connectivity index (χ2n) is 8.37. The first-order valence-electron chi connectivity index (χ1n) is 10.8. The molecule has 4 atom stereocenters. The van der Waals surface area contributed by atoms with Crippen molar-refractivity contribution in [2.24, 2.45) is 11.8 Å². The van der Waals surface area contributed by atoms with Gasteiger partial charge in [0.2, 0.25) is 11.8 Å². The van der Waals surface area contributed by atoms with Crippen LogP contribution < -0.4 is 9.64 Å². The average Bonchev–Trinajstić information content (AvgIpc) is 3.10. The third kappa shape index (κ3) is 3.32. The minimum Gasteiger partial charge on any atom is -0.497 e. The van der Waals surface area contributed by atoms with Crippen LogP contribution in [0.2, 0.25) is 0 Å². The molecular weight excluding hydrogens is 386 g/mol. The highest BCUT2D eigenvalue weighted by atomic mass is 16.5. The van der Waals surface area contributed by atoms with Gasteiger partial charge in [-0.25, -0.2) is 0 Å². The molecule has 0 aromatic heterocycles. The molecule has 2 fully saturated rings. The van der Waals surface area contributed by atoms with Crippen LogP contribution in [0.5, 0.6) is 5.75 Å². The molecule has 3 aromatic rings. The summed E-state index contributed by atoms with van der Waals surface area (Å²) in [7, 11) is 1.60. The molecule has 3 aromatic carbocycles. The van der Waals surface area contributed by atoms with Crippen LogP contribution >= 0.6 is 0 Å². The predicted molar refractivity (Wildman–Crippen MR) is 120 cm³/mol. The Morgan fingerprint density at radius 1 is 0.677 bits per heavy atom. The van der Waals surface area contributed by atoms with E-state index in [1.807, 2.05) is 36.4 Å². The van der Waals surface area contributed by atoms with E-state index >= 15 is 0 Å². The lowest BCUT2D eigenvalue weighted by atomic mass is 9.64. The number of hydrogen-bond donors (Lipinski definition) is 0. The number of anilines is 1. The highest BCUT2D eigenvalue weighted by Gasteiger charge is 2.56. The van der Waals surface area contributed by atoms with E-state index < -0.39 is 0 Å². The van der Waals surface area contributed by atoms with Crippen LogP contribution in [0, 0.1) is 11.8 Å². The summed E-state index contributed by atoms with van der Waals surface area (Å²) in [5.41, 5.74) is 2.90. The zero-order valence-corrected chi connectivity index (χ0v) is 17.5. The Balaban J connectivity index is 1.58. The smallest absolute Gasteiger partial charge is 0.238 e. The molecule has 1 saturated heterocycles. The second-order valence-corrected chi connectivity index (χ2v) is 8.37. The quantitative estimate of drug-likeness (QED) is 0.557. The van der Waals surface area contributed by atoms with E-state index in [9.17, 15) is 9.59 Å². The molecule has 4 heteroatoms. The third-order valence-corrected chi connectivity index (χ3v) is 6.84. The molecule has 2 aliphatic rings. The molecule has 1 heterocycles. The molecule has 1 saturated carbocycles. The summed E-state index contributed by atoms with van der Waals surface area (Å²) in [6.07, 6.45) is 1.78. The van der Waals surface area contributed by atoms with Gasteiger partial charge in [0, 0.05) is 0 Å². The zero-order valence-electron chi connectivity index (χ0n) is 17.5. The first-order valence-corrected chi connectivity index (χ1v) is 10.8. The molecule has 5 rings (SSSR count). The minimum absolute atomic E-state index is 0.0471. The van der Waals surface area contributed by atoms with Gasteiger partial charge in [0.1, 0.15) is 5.75 Å². The van der Waals surface area contributed by atoms with Crippen molar-refractivity contribution in [1.82, 2.24) is 0 Å². The van der Waals surface area contributed by atoms with E-state index in [4.69, 9.17) is 4.74 Å². The molecule has 156 valence electrons. The van der Waals surface area contributed by atoms with E-state index in [1.54, 1.807) is 31.4 Å². The summed E-state index contributed by atoms with van der Waals surface area (Å²) in [5.74, 6) is -0.0856. The lowest BCUT2D eigenvalue weighted by Gasteiger charge is -2.37. The Morgan fingerprint density at radius 2 is 1.13 bits per heavy atom. The fourth-order valence-corrected chi connectivity index (χ4v) is 5.41. The van der Waals surface area contributed by atoms with Gasteiger partial charge in [0.05, 0.1) is 24.6 Å². The molecule has 1 aliphatic carbocycles. The van der Waals surface area contributed by atoms with E-state index in [1.165, 1.54) is 4.90 Å². The van der Waals surface area contributed by atoms with E-state index in [0.717, 1.165) is 24.0 Å². The monoisotopic (exact) mass is 411 g/mol. The lowest BCUT2D eigenvalue weighted by molar-refractivity contribution is -0.122. The summed E-state index contributed by atoms with van der Waals surface area (Å²) in [6.45, 7) is 0. The number of methoxy groups -OCH3 is 1. The van der Waals surface area contributed by atoms with Gasteiger partial charge in [-0.3, -0.25) is 14.5 Å². The SMILES string of the molecule is COc1ccc(N2C(=O)[C@@H]3[C@@H](C2=O)[C@@H](c2ccccc2)CC[C@@H]3c2ccccc2)cc1. The molecule has 0 N–H and O–H groups in total. The molecule has 2 amide bonds. The van der Waals surface area contributed by atoms with Gasteiger partial charge < -0.3 is 4.74 Å². The number of amides is 2. The minimum atomic E-state index is -0.351. The molecule has 4 nitrogen and oxygen atoms in total. The summed E-state index contributed by atoms with van der Waals surface area (Å²) in [6, 6.07) is 27.5. The summed E-state index contributed by atoms with van der Waals surface area (Å²) < 4.78 is 5.24. The topological polar surface area (TPSA) is 46.6 Å². The summed E-state index contributed by atoms with van der Waals surface area (Å²) >= 11 is 0. The van der Waals surface area contributed by atoms with Gasteiger partial charge in [-0.05, 0) is 60.1 Å². The van der Waals surface area contributed by atoms with Gasteiger partial charge in [-0.2, -0.15) is 0 Å². The number of nitrogens with zero attached hydrogens (tertiary/aromatic N) is 1. The highest BCUT2D eigenvalue weighted by Crippen LogP contribution is 2.53. The first kappa shape index (κ1) is 19.6. The second kappa shape index (κ2) is 8.03. The molecule has 31 heavy (non-hydrogen) atoms. The molecule has 1 aliphatic heterocycles. The van der Waals surface area contributed by atoms with Crippen molar-refractivity contribution in [3.05, 3.63) is 96.1 Å². The average molecular weight is 412 g/mol. The summed E-state index contributed by atoms with van der Waals surface area (Å²) in [5, 5.41) is 0. The first-order chi connectivity index (χ1) is 15.2. The maximum Gasteiger partial charge on any atom is 0.238 e. The lowest BCUT2D eigenvalue weighted by Crippen LogP contribution is -2.34. The van der Waals surface area contributed by atoms with Gasteiger partial charge in [0.25, 0.3) is 0 Å². The fraction of sp³-hybridized carbons (Fsp3) is 0.259. The van der Waals surface area contributed by atoms with E-state index in [-0.39, 0.29) is 35.5 Å². The van der Waals surface area contributed by atoms with Gasteiger partial charge in [-0.15, -0.1) is 0 Å². The van der Waals surface area contributed by atoms with Crippen LogP contribution in [0.25, 0.3) is 0 Å². The number of rotatable bonds is 4. The molecule has 0 spiro atoms. The maximum absolute atomic E-state index is 13.7. The summed E-state index contributed by atoms with van der Waals surface area (Å²) in [4.78, 5) is 28.9. The van der Waals surface area contributed by atoms with Crippen molar-refractivity contribution in [1.29, 1.82) is 0 Å². The van der Waals surface area contributed by atoms with Crippen LogP contribution in [0.1, 0.15) is 35.8 Å². The predicted octanol–water partition coefficient (Wildman–Crippen LogP) is 5.16. The van der Waals surface area contributed by atoms with Crippen molar-refractivity contribution in [3.8, 4) is 5.75 Å². The number of hydrogen-bond acceptors (Lipinski definition) is 3. The Hall–Kier alpha value is -3.40. The van der Waals surface area contributed by atoms with Gasteiger partial charge in [-0.1, -0.05) is 60.7 Å². The number of carbonyl (C=O) groups is 2. The largest absolute Gasteiger partial charge is 0.497 e. The normalized spacial score (nSPS) is 25.4. The molecular formula is C27H25NO3. The number of imide groups is 1. The van der Waals surface area contributed by atoms with Crippen molar-refractivity contribution < 1.29 is 14.3 Å². The van der Waals surface area contributed by atoms with Crippen molar-refractivity contribution >= 4 is 17.5 Å². The molecule has 0 bridgehead atoms. The van der Waals surface area contributed by atoms with Gasteiger partial charge >= 0.3 is 0 Å². The molecule has 0 unspecified atom stereocenters. The van der Waals surface area contributed by atoms with Crippen LogP contribution in [0.4, 0.5) is 5.69 Å². The van der Waals surface area contributed by atoms with Crippen molar-refractivity contribution in [2.75, 3.05) is 12.0 Å². The maximum atomic E-state index is 13.7. The van der Waals surface area contributed by atoms with E-state index in [2.05, 4.69) is 24.3 Å². The highest BCUT2D eigenvalue weighted by molar-refractivity contribution is 6.22. The fourth-order valence-electron chi connectivity index (χ4n) is 5.41. The Labute approximate surface area is 182 Å². The standard InChI is InChI=1S/C27H25NO3/c1-31-21-14-12-20(13-15-21)28-26(29)24-22(18-8-4-2-5-9-18)16-17-23(25(24)27(28)30)19-10-6-3-7-11-19/h2-15,22-25H,16-17H2,1H3/t22-,23-,24+,25+/m1/s1.